The summed E-state index contributed by atoms with van der Waals surface area (Å²) < 4.78 is 0. The number of benzene rings is 2. The molecular weight excluding hydrogens is 318 g/mol. The summed E-state index contributed by atoms with van der Waals surface area (Å²) in [6.45, 7) is 1.92. The first-order valence-electron chi connectivity index (χ1n) is 7.95. The summed E-state index contributed by atoms with van der Waals surface area (Å²) in [5.41, 5.74) is 2.94. The molecule has 0 bridgehead atoms. The minimum Gasteiger partial charge on any atom is -0.296 e. The fraction of sp³-hybridized carbons (Fsp3) is 0.211. The Balaban J connectivity index is 1.54. The third-order valence-corrected chi connectivity index (χ3v) is 4.67. The zero-order valence-electron chi connectivity index (χ0n) is 13.5. The first-order chi connectivity index (χ1) is 11.7. The van der Waals surface area contributed by atoms with Crippen LogP contribution in [0.1, 0.15) is 32.9 Å². The maximum Gasteiger partial charge on any atom is 0.257 e. The third kappa shape index (κ3) is 4.26. The molecule has 0 atom stereocenters. The molecule has 1 N–H and O–H groups in total. The minimum atomic E-state index is -0.139. The Bertz CT molecular complexity index is 814. The first kappa shape index (κ1) is 16.3. The molecule has 4 nitrogen and oxygen atoms in total. The lowest BCUT2D eigenvalue weighted by Gasteiger charge is -2.03. The van der Waals surface area contributed by atoms with E-state index in [1.165, 1.54) is 16.9 Å². The number of hydrogen-bond donors (Lipinski definition) is 1. The van der Waals surface area contributed by atoms with E-state index in [9.17, 15) is 4.79 Å². The van der Waals surface area contributed by atoms with Crippen molar-refractivity contribution < 1.29 is 4.79 Å². The van der Waals surface area contributed by atoms with Crippen LogP contribution in [-0.2, 0) is 12.8 Å². The van der Waals surface area contributed by atoms with Gasteiger partial charge in [-0.1, -0.05) is 59.9 Å². The van der Waals surface area contributed by atoms with E-state index in [0.29, 0.717) is 10.7 Å². The lowest BCUT2D eigenvalue weighted by molar-refractivity contribution is 0.102. The van der Waals surface area contributed by atoms with Crippen molar-refractivity contribution in [1.29, 1.82) is 0 Å². The number of rotatable bonds is 6. The van der Waals surface area contributed by atoms with Crippen LogP contribution < -0.4 is 5.32 Å². The number of anilines is 1. The van der Waals surface area contributed by atoms with E-state index in [2.05, 4.69) is 39.8 Å². The van der Waals surface area contributed by atoms with Crippen LogP contribution in [0.4, 0.5) is 5.13 Å². The lowest BCUT2D eigenvalue weighted by atomic mass is 10.1. The number of nitrogens with zero attached hydrogens (tertiary/aromatic N) is 2. The van der Waals surface area contributed by atoms with Crippen molar-refractivity contribution in [2.24, 2.45) is 0 Å². The Kier molecular flexibility index (Phi) is 5.33. The second-order valence-electron chi connectivity index (χ2n) is 5.61. The molecule has 0 spiro atoms. The van der Waals surface area contributed by atoms with E-state index in [1.54, 1.807) is 0 Å². The number of amides is 1. The third-order valence-electron chi connectivity index (χ3n) is 3.78. The molecule has 2 aromatic carbocycles. The van der Waals surface area contributed by atoms with Crippen molar-refractivity contribution in [3.05, 3.63) is 76.3 Å². The molecule has 0 aliphatic rings. The maximum absolute atomic E-state index is 12.3. The average molecular weight is 337 g/mol. The van der Waals surface area contributed by atoms with E-state index < -0.39 is 0 Å². The summed E-state index contributed by atoms with van der Waals surface area (Å²) in [6.07, 6.45) is 2.91. The second kappa shape index (κ2) is 7.84. The van der Waals surface area contributed by atoms with Crippen LogP contribution in [0.3, 0.4) is 0 Å². The molecule has 0 aliphatic carbocycles. The van der Waals surface area contributed by atoms with Crippen molar-refractivity contribution in [3.63, 3.8) is 0 Å². The largest absolute Gasteiger partial charge is 0.296 e. The van der Waals surface area contributed by atoms with Gasteiger partial charge in [-0.05, 0) is 37.0 Å². The zero-order chi connectivity index (χ0) is 16.8. The number of hydrogen-bond acceptors (Lipinski definition) is 4. The van der Waals surface area contributed by atoms with Gasteiger partial charge in [-0.2, -0.15) is 0 Å². The summed E-state index contributed by atoms with van der Waals surface area (Å²) >= 11 is 1.44. The van der Waals surface area contributed by atoms with E-state index in [-0.39, 0.29) is 5.91 Å². The van der Waals surface area contributed by atoms with Gasteiger partial charge >= 0.3 is 0 Å². The smallest absolute Gasteiger partial charge is 0.257 e. The Labute approximate surface area is 145 Å². The quantitative estimate of drug-likeness (QED) is 0.730. The van der Waals surface area contributed by atoms with Gasteiger partial charge in [-0.15, -0.1) is 10.2 Å². The zero-order valence-corrected chi connectivity index (χ0v) is 14.3. The summed E-state index contributed by atoms with van der Waals surface area (Å²) in [4.78, 5) is 12.3. The van der Waals surface area contributed by atoms with E-state index in [0.717, 1.165) is 29.8 Å². The summed E-state index contributed by atoms with van der Waals surface area (Å²) in [6, 6.07) is 17.9. The van der Waals surface area contributed by atoms with Gasteiger partial charge in [0.05, 0.1) is 0 Å². The fourth-order valence-electron chi connectivity index (χ4n) is 2.49. The highest BCUT2D eigenvalue weighted by atomic mass is 32.1. The highest BCUT2D eigenvalue weighted by Crippen LogP contribution is 2.19. The molecular formula is C19H19N3OS. The molecule has 0 saturated heterocycles. The predicted molar refractivity (Wildman–Crippen MR) is 97.5 cm³/mol. The molecule has 5 heteroatoms. The van der Waals surface area contributed by atoms with Crippen LogP contribution in [0, 0.1) is 6.92 Å². The minimum absolute atomic E-state index is 0.139. The molecule has 1 aromatic heterocycles. The summed E-state index contributed by atoms with van der Waals surface area (Å²) in [5, 5.41) is 12.6. The molecule has 24 heavy (non-hydrogen) atoms. The predicted octanol–water partition coefficient (Wildman–Crippen LogP) is 4.27. The number of nitrogens with one attached hydrogen (secondary N) is 1. The Morgan fingerprint density at radius 1 is 1.00 bits per heavy atom. The highest BCUT2D eigenvalue weighted by Gasteiger charge is 2.11. The molecule has 3 rings (SSSR count). The van der Waals surface area contributed by atoms with Gasteiger partial charge < -0.3 is 0 Å². The number of carbonyl (C=O) groups is 1. The standard InChI is InChI=1S/C19H19N3OS/c1-14-8-5-6-12-16(14)18(23)20-19-22-21-17(24-19)13-7-11-15-9-3-2-4-10-15/h2-6,8-10,12H,7,11,13H2,1H3,(H,20,22,23). The van der Waals surface area contributed by atoms with Crippen LogP contribution >= 0.6 is 11.3 Å². The highest BCUT2D eigenvalue weighted by molar-refractivity contribution is 7.15. The topological polar surface area (TPSA) is 54.9 Å². The molecule has 122 valence electrons. The Morgan fingerprint density at radius 3 is 2.54 bits per heavy atom. The monoisotopic (exact) mass is 337 g/mol. The Morgan fingerprint density at radius 2 is 1.75 bits per heavy atom. The van der Waals surface area contributed by atoms with Gasteiger partial charge in [-0.25, -0.2) is 0 Å². The first-order valence-corrected chi connectivity index (χ1v) is 8.77. The van der Waals surface area contributed by atoms with Gasteiger partial charge in [0.1, 0.15) is 5.01 Å². The molecule has 0 saturated carbocycles. The van der Waals surface area contributed by atoms with Crippen LogP contribution in [0.2, 0.25) is 0 Å². The summed E-state index contributed by atoms with van der Waals surface area (Å²) in [5.74, 6) is -0.139. The average Bonchev–Trinajstić information content (AvgIpc) is 3.03. The number of aryl methyl sites for hydroxylation is 3. The van der Waals surface area contributed by atoms with Crippen molar-refractivity contribution in [1.82, 2.24) is 10.2 Å². The fourth-order valence-corrected chi connectivity index (χ4v) is 3.26. The normalized spacial score (nSPS) is 10.5. The molecule has 1 heterocycles. The van der Waals surface area contributed by atoms with Crippen LogP contribution in [0.15, 0.2) is 54.6 Å². The van der Waals surface area contributed by atoms with Crippen LogP contribution in [0.25, 0.3) is 0 Å². The molecule has 0 radical (unpaired) electrons. The molecule has 0 aliphatic heterocycles. The summed E-state index contributed by atoms with van der Waals surface area (Å²) in [7, 11) is 0. The van der Waals surface area contributed by atoms with Gasteiger partial charge in [0.2, 0.25) is 5.13 Å². The van der Waals surface area contributed by atoms with Crippen molar-refractivity contribution in [3.8, 4) is 0 Å². The lowest BCUT2D eigenvalue weighted by Crippen LogP contribution is -2.12. The number of carbonyl (C=O) groups excluding carboxylic acids is 1. The maximum atomic E-state index is 12.3. The van der Waals surface area contributed by atoms with Crippen molar-refractivity contribution in [2.45, 2.75) is 26.2 Å². The Hall–Kier alpha value is -2.53. The van der Waals surface area contributed by atoms with Gasteiger partial charge in [0, 0.05) is 12.0 Å². The molecule has 0 unspecified atom stereocenters. The molecule has 0 fully saturated rings. The van der Waals surface area contributed by atoms with Crippen molar-refractivity contribution >= 4 is 22.4 Å². The van der Waals surface area contributed by atoms with Gasteiger partial charge in [0.25, 0.3) is 5.91 Å². The molecule has 3 aromatic rings. The van der Waals surface area contributed by atoms with E-state index >= 15 is 0 Å². The number of aromatic nitrogens is 2. The van der Waals surface area contributed by atoms with Crippen LogP contribution in [0.5, 0.6) is 0 Å². The van der Waals surface area contributed by atoms with Gasteiger partial charge in [0.15, 0.2) is 0 Å². The SMILES string of the molecule is Cc1ccccc1C(=O)Nc1nnc(CCCc2ccccc2)s1. The molecule has 1 amide bonds. The van der Waals surface area contributed by atoms with E-state index in [1.807, 2.05) is 37.3 Å². The second-order valence-corrected chi connectivity index (χ2v) is 6.67. The van der Waals surface area contributed by atoms with Crippen molar-refractivity contribution in [2.75, 3.05) is 5.32 Å². The van der Waals surface area contributed by atoms with Crippen LogP contribution in [-0.4, -0.2) is 16.1 Å². The van der Waals surface area contributed by atoms with E-state index in [4.69, 9.17) is 0 Å². The van der Waals surface area contributed by atoms with Gasteiger partial charge in [-0.3, -0.25) is 10.1 Å².